The molecule has 1 heteroatoms. The summed E-state index contributed by atoms with van der Waals surface area (Å²) in [5.41, 5.74) is 3.26. The summed E-state index contributed by atoms with van der Waals surface area (Å²) >= 11 is 6.73. The van der Waals surface area contributed by atoms with Crippen LogP contribution in [0.15, 0.2) is 24.3 Å². The van der Waals surface area contributed by atoms with E-state index in [4.69, 9.17) is 11.6 Å². The molecule has 0 bridgehead atoms. The summed E-state index contributed by atoms with van der Waals surface area (Å²) in [6, 6.07) is 8.65. The Morgan fingerprint density at radius 1 is 1.10 bits per heavy atom. The van der Waals surface area contributed by atoms with Gasteiger partial charge in [-0.1, -0.05) is 45.0 Å². The van der Waals surface area contributed by atoms with Gasteiger partial charge >= 0.3 is 0 Å². The van der Waals surface area contributed by atoms with Crippen molar-refractivity contribution in [3.63, 3.8) is 0 Å². The predicted octanol–water partition coefficient (Wildman–Crippen LogP) is 6.00. The van der Waals surface area contributed by atoms with Crippen LogP contribution < -0.4 is 0 Å². The topological polar surface area (TPSA) is 0 Å². The second kappa shape index (κ2) is 6.52. The lowest BCUT2D eigenvalue weighted by atomic mass is 9.69. The molecule has 0 aliphatic heterocycles. The number of alkyl halides is 1. The molecule has 1 saturated carbocycles. The molecule has 1 fully saturated rings. The van der Waals surface area contributed by atoms with Gasteiger partial charge in [0.05, 0.1) is 0 Å². The van der Waals surface area contributed by atoms with Crippen molar-refractivity contribution in [2.75, 3.05) is 0 Å². The minimum absolute atomic E-state index is 0.303. The standard InChI is InChI=1S/C19H29Cl/c1-14-7-5-6-8-16(14)13-18(20)15-9-11-17(12-10-15)19(2,3)4/h5-8,15,17-18H,9-13H2,1-4H3. The molecule has 1 atom stereocenters. The lowest BCUT2D eigenvalue weighted by Crippen LogP contribution is -2.29. The molecular formula is C19H29Cl. The third kappa shape index (κ3) is 4.01. The van der Waals surface area contributed by atoms with Crippen LogP contribution in [0.3, 0.4) is 0 Å². The Bertz CT molecular complexity index is 422. The van der Waals surface area contributed by atoms with E-state index in [0.29, 0.717) is 16.7 Å². The van der Waals surface area contributed by atoms with E-state index in [9.17, 15) is 0 Å². The molecular weight excluding hydrogens is 264 g/mol. The molecule has 1 aliphatic rings. The van der Waals surface area contributed by atoms with Crippen molar-refractivity contribution in [3.8, 4) is 0 Å². The minimum Gasteiger partial charge on any atom is -0.122 e. The maximum atomic E-state index is 6.73. The third-order valence-corrected chi connectivity index (χ3v) is 5.69. The molecule has 0 N–H and O–H groups in total. The van der Waals surface area contributed by atoms with Crippen molar-refractivity contribution in [2.24, 2.45) is 17.3 Å². The fraction of sp³-hybridized carbons (Fsp3) is 0.684. The molecule has 0 amide bonds. The average Bonchev–Trinajstić information content (AvgIpc) is 2.40. The van der Waals surface area contributed by atoms with Gasteiger partial charge in [0, 0.05) is 5.38 Å². The highest BCUT2D eigenvalue weighted by Gasteiger charge is 2.32. The lowest BCUT2D eigenvalue weighted by molar-refractivity contribution is 0.148. The van der Waals surface area contributed by atoms with E-state index >= 15 is 0 Å². The first-order chi connectivity index (χ1) is 9.38. The summed E-state index contributed by atoms with van der Waals surface area (Å²) in [6.07, 6.45) is 6.35. The predicted molar refractivity (Wildman–Crippen MR) is 89.4 cm³/mol. The van der Waals surface area contributed by atoms with Crippen LogP contribution in [0.1, 0.15) is 57.6 Å². The highest BCUT2D eigenvalue weighted by atomic mass is 35.5. The number of aryl methyl sites for hydroxylation is 1. The second-order valence-electron chi connectivity index (χ2n) is 7.62. The zero-order chi connectivity index (χ0) is 14.8. The Kier molecular flexibility index (Phi) is 5.18. The minimum atomic E-state index is 0.303. The Balaban J connectivity index is 1.89. The summed E-state index contributed by atoms with van der Waals surface area (Å²) in [5, 5.41) is 0.303. The van der Waals surface area contributed by atoms with Gasteiger partial charge < -0.3 is 0 Å². The van der Waals surface area contributed by atoms with Gasteiger partial charge in [0.25, 0.3) is 0 Å². The van der Waals surface area contributed by atoms with Crippen LogP contribution in [0.5, 0.6) is 0 Å². The summed E-state index contributed by atoms with van der Waals surface area (Å²) in [6.45, 7) is 9.33. The van der Waals surface area contributed by atoms with Crippen LogP contribution in [0.25, 0.3) is 0 Å². The SMILES string of the molecule is Cc1ccccc1CC(Cl)C1CCC(C(C)(C)C)CC1. The molecule has 1 aromatic carbocycles. The van der Waals surface area contributed by atoms with E-state index in [1.165, 1.54) is 36.8 Å². The zero-order valence-electron chi connectivity index (χ0n) is 13.5. The van der Waals surface area contributed by atoms with E-state index < -0.39 is 0 Å². The lowest BCUT2D eigenvalue weighted by Gasteiger charge is -2.38. The van der Waals surface area contributed by atoms with Crippen LogP contribution in [0, 0.1) is 24.2 Å². The highest BCUT2D eigenvalue weighted by molar-refractivity contribution is 6.20. The van der Waals surface area contributed by atoms with Crippen molar-refractivity contribution in [3.05, 3.63) is 35.4 Å². The summed E-state index contributed by atoms with van der Waals surface area (Å²) in [5.74, 6) is 1.58. The molecule has 0 nitrogen and oxygen atoms in total. The molecule has 0 radical (unpaired) electrons. The number of hydrogen-bond donors (Lipinski definition) is 0. The van der Waals surface area contributed by atoms with E-state index in [0.717, 1.165) is 12.3 Å². The van der Waals surface area contributed by atoms with Crippen LogP contribution in [-0.2, 0) is 6.42 Å². The monoisotopic (exact) mass is 292 g/mol. The number of rotatable bonds is 3. The number of halogens is 1. The van der Waals surface area contributed by atoms with Gasteiger partial charge in [0.2, 0.25) is 0 Å². The molecule has 112 valence electrons. The van der Waals surface area contributed by atoms with Gasteiger partial charge in [-0.05, 0) is 67.4 Å². The van der Waals surface area contributed by atoms with Crippen molar-refractivity contribution in [1.82, 2.24) is 0 Å². The van der Waals surface area contributed by atoms with Gasteiger partial charge in [0.1, 0.15) is 0 Å². The highest BCUT2D eigenvalue weighted by Crippen LogP contribution is 2.42. The van der Waals surface area contributed by atoms with E-state index in [2.05, 4.69) is 52.0 Å². The molecule has 0 heterocycles. The maximum Gasteiger partial charge on any atom is 0.0404 e. The molecule has 20 heavy (non-hydrogen) atoms. The van der Waals surface area contributed by atoms with Gasteiger partial charge in [-0.15, -0.1) is 11.6 Å². The first-order valence-electron chi connectivity index (χ1n) is 8.06. The Morgan fingerprint density at radius 3 is 2.25 bits per heavy atom. The van der Waals surface area contributed by atoms with E-state index in [1.54, 1.807) is 0 Å². The normalized spacial score (nSPS) is 25.4. The smallest absolute Gasteiger partial charge is 0.0404 e. The Morgan fingerprint density at radius 2 is 1.70 bits per heavy atom. The van der Waals surface area contributed by atoms with Crippen LogP contribution in [0.2, 0.25) is 0 Å². The van der Waals surface area contributed by atoms with Crippen LogP contribution >= 0.6 is 11.6 Å². The number of benzene rings is 1. The van der Waals surface area contributed by atoms with Gasteiger partial charge in [-0.3, -0.25) is 0 Å². The number of hydrogen-bond acceptors (Lipinski definition) is 0. The molecule has 0 spiro atoms. The summed E-state index contributed by atoms with van der Waals surface area (Å²) in [7, 11) is 0. The van der Waals surface area contributed by atoms with Crippen LogP contribution in [0.4, 0.5) is 0 Å². The quantitative estimate of drug-likeness (QED) is 0.600. The first kappa shape index (κ1) is 15.9. The zero-order valence-corrected chi connectivity index (χ0v) is 14.2. The van der Waals surface area contributed by atoms with Gasteiger partial charge in [0.15, 0.2) is 0 Å². The van der Waals surface area contributed by atoms with Crippen molar-refractivity contribution >= 4 is 11.6 Å². The van der Waals surface area contributed by atoms with Gasteiger partial charge in [-0.25, -0.2) is 0 Å². The van der Waals surface area contributed by atoms with Gasteiger partial charge in [-0.2, -0.15) is 0 Å². The molecule has 0 aromatic heterocycles. The first-order valence-corrected chi connectivity index (χ1v) is 8.50. The van der Waals surface area contributed by atoms with Crippen LogP contribution in [-0.4, -0.2) is 5.38 Å². The second-order valence-corrected chi connectivity index (χ2v) is 8.18. The molecule has 2 rings (SSSR count). The largest absolute Gasteiger partial charge is 0.122 e. The molecule has 1 aliphatic carbocycles. The van der Waals surface area contributed by atoms with E-state index in [1.807, 2.05) is 0 Å². The fourth-order valence-electron chi connectivity index (χ4n) is 3.56. The van der Waals surface area contributed by atoms with Crippen molar-refractivity contribution < 1.29 is 0 Å². The molecule has 1 unspecified atom stereocenters. The third-order valence-electron chi connectivity index (χ3n) is 5.18. The van der Waals surface area contributed by atoms with Crippen molar-refractivity contribution in [2.45, 2.75) is 65.2 Å². The van der Waals surface area contributed by atoms with Crippen molar-refractivity contribution in [1.29, 1.82) is 0 Å². The van der Waals surface area contributed by atoms with E-state index in [-0.39, 0.29) is 0 Å². The summed E-state index contributed by atoms with van der Waals surface area (Å²) < 4.78 is 0. The Hall–Kier alpha value is -0.490. The average molecular weight is 293 g/mol. The Labute approximate surface area is 129 Å². The fourth-order valence-corrected chi connectivity index (χ4v) is 3.98. The summed E-state index contributed by atoms with van der Waals surface area (Å²) in [4.78, 5) is 0. The molecule has 1 aromatic rings. The maximum absolute atomic E-state index is 6.73. The molecule has 0 saturated heterocycles.